The molecule has 100 valence electrons. The van der Waals surface area contributed by atoms with Crippen molar-refractivity contribution in [1.82, 2.24) is 4.98 Å². The number of nitrogens with zero attached hydrogens (tertiary/aromatic N) is 1. The van der Waals surface area contributed by atoms with Gasteiger partial charge in [-0.15, -0.1) is 13.2 Å². The summed E-state index contributed by atoms with van der Waals surface area (Å²) in [4.78, 5) is 13.7. The summed E-state index contributed by atoms with van der Waals surface area (Å²) in [7, 11) is 1.08. The average Bonchev–Trinajstić information content (AvgIpc) is 2.19. The maximum Gasteiger partial charge on any atom is 0.574 e. The Balaban J connectivity index is 3.21. The number of methoxy groups -OCH3 is 1. The van der Waals surface area contributed by atoms with Gasteiger partial charge in [-0.05, 0) is 6.07 Å². The van der Waals surface area contributed by atoms with Gasteiger partial charge in [0.15, 0.2) is 5.75 Å². The number of carbonyl (C=O) groups is 1. The fourth-order valence-electron chi connectivity index (χ4n) is 1.15. The second kappa shape index (κ2) is 4.98. The molecule has 18 heavy (non-hydrogen) atoms. The van der Waals surface area contributed by atoms with Crippen LogP contribution in [0.25, 0.3) is 0 Å². The van der Waals surface area contributed by atoms with E-state index in [0.717, 1.165) is 13.2 Å². The molecule has 6 nitrogen and oxygen atoms in total. The van der Waals surface area contributed by atoms with Crippen LogP contribution in [0.15, 0.2) is 6.07 Å². The summed E-state index contributed by atoms with van der Waals surface area (Å²) in [6.45, 7) is 0. The monoisotopic (exact) mass is 267 g/mol. The maximum atomic E-state index is 12.1. The minimum Gasteiger partial charge on any atom is -0.503 e. The smallest absolute Gasteiger partial charge is 0.503 e. The molecule has 0 unspecified atom stereocenters. The van der Waals surface area contributed by atoms with Crippen molar-refractivity contribution in [2.45, 2.75) is 12.8 Å². The fraction of sp³-hybridized carbons (Fsp3) is 0.333. The molecule has 0 aliphatic rings. The fourth-order valence-corrected chi connectivity index (χ4v) is 1.15. The van der Waals surface area contributed by atoms with Crippen LogP contribution >= 0.6 is 0 Å². The van der Waals surface area contributed by atoms with E-state index in [2.05, 4.69) is 14.5 Å². The third-order valence-electron chi connectivity index (χ3n) is 1.76. The minimum absolute atomic E-state index is 0.418. The Bertz CT molecular complexity index is 460. The van der Waals surface area contributed by atoms with Gasteiger partial charge < -0.3 is 19.7 Å². The molecule has 0 bridgehead atoms. The van der Waals surface area contributed by atoms with E-state index in [-0.39, 0.29) is 0 Å². The molecule has 0 atom stereocenters. The highest BCUT2D eigenvalue weighted by atomic mass is 19.4. The summed E-state index contributed by atoms with van der Waals surface area (Å²) >= 11 is 0. The molecule has 0 saturated carbocycles. The van der Waals surface area contributed by atoms with Crippen LogP contribution < -0.4 is 9.47 Å². The Morgan fingerprint density at radius 2 is 2.06 bits per heavy atom. The molecule has 0 aliphatic carbocycles. The topological polar surface area (TPSA) is 88.9 Å². The van der Waals surface area contributed by atoms with Crippen LogP contribution in [0.3, 0.4) is 0 Å². The van der Waals surface area contributed by atoms with Crippen LogP contribution in [0.4, 0.5) is 13.2 Å². The second-order valence-corrected chi connectivity index (χ2v) is 3.10. The Hall–Kier alpha value is -2.19. The molecule has 1 aromatic rings. The van der Waals surface area contributed by atoms with E-state index in [9.17, 15) is 23.1 Å². The molecule has 2 N–H and O–H groups in total. The summed E-state index contributed by atoms with van der Waals surface area (Å²) < 4.78 is 44.3. The molecular weight excluding hydrogens is 259 g/mol. The van der Waals surface area contributed by atoms with Crippen LogP contribution in [0.1, 0.15) is 5.56 Å². The molecule has 0 fully saturated rings. The molecule has 1 rings (SSSR count). The number of carboxylic acid groups (broad SMARTS) is 1. The number of ether oxygens (including phenoxy) is 2. The van der Waals surface area contributed by atoms with Gasteiger partial charge in [0.1, 0.15) is 0 Å². The van der Waals surface area contributed by atoms with Crippen molar-refractivity contribution in [3.8, 4) is 17.5 Å². The summed E-state index contributed by atoms with van der Waals surface area (Å²) in [5.74, 6) is -3.44. The molecule has 1 aromatic heterocycles. The zero-order valence-electron chi connectivity index (χ0n) is 8.98. The zero-order valence-corrected chi connectivity index (χ0v) is 8.98. The minimum atomic E-state index is -5.03. The van der Waals surface area contributed by atoms with Gasteiger partial charge in [0, 0.05) is 5.56 Å². The van der Waals surface area contributed by atoms with Gasteiger partial charge in [-0.3, -0.25) is 4.79 Å². The van der Waals surface area contributed by atoms with E-state index in [1.54, 1.807) is 0 Å². The lowest BCUT2D eigenvalue weighted by Gasteiger charge is -2.13. The number of hydrogen-bond acceptors (Lipinski definition) is 5. The number of alkyl halides is 3. The lowest BCUT2D eigenvalue weighted by molar-refractivity contribution is -0.276. The summed E-state index contributed by atoms with van der Waals surface area (Å²) in [6.07, 6.45) is -5.81. The number of aromatic hydroxyl groups is 1. The van der Waals surface area contributed by atoms with Gasteiger partial charge >= 0.3 is 12.3 Å². The lowest BCUT2D eigenvalue weighted by Crippen LogP contribution is -2.20. The first-order chi connectivity index (χ1) is 8.23. The van der Waals surface area contributed by atoms with Gasteiger partial charge in [0.05, 0.1) is 13.5 Å². The average molecular weight is 267 g/mol. The van der Waals surface area contributed by atoms with Crippen LogP contribution in [0, 0.1) is 0 Å². The first kappa shape index (κ1) is 13.9. The molecule has 0 aromatic carbocycles. The molecule has 1 heterocycles. The molecule has 0 aliphatic heterocycles. The van der Waals surface area contributed by atoms with E-state index in [1.807, 2.05) is 0 Å². The van der Waals surface area contributed by atoms with Gasteiger partial charge in [-0.25, -0.2) is 0 Å². The third kappa shape index (κ3) is 3.68. The summed E-state index contributed by atoms with van der Waals surface area (Å²) in [5, 5.41) is 17.8. The van der Waals surface area contributed by atoms with E-state index >= 15 is 0 Å². The van der Waals surface area contributed by atoms with Gasteiger partial charge in [-0.2, -0.15) is 4.98 Å². The molecule has 0 saturated heterocycles. The van der Waals surface area contributed by atoms with E-state index in [1.165, 1.54) is 0 Å². The standard InChI is InChI=1S/C9H8F3NO5/c1-17-8-5(14)2-4(3-6(15)16)7(13-8)18-9(10,11)12/h2,14H,3H2,1H3,(H,15,16). The lowest BCUT2D eigenvalue weighted by atomic mass is 10.2. The Kier molecular flexibility index (Phi) is 3.84. The van der Waals surface area contributed by atoms with Crippen molar-refractivity contribution < 1.29 is 37.7 Å². The predicted octanol–water partition coefficient (Wildman–Crippen LogP) is 1.32. The number of aromatic nitrogens is 1. The third-order valence-corrected chi connectivity index (χ3v) is 1.76. The Morgan fingerprint density at radius 1 is 1.44 bits per heavy atom. The number of rotatable bonds is 4. The van der Waals surface area contributed by atoms with Crippen molar-refractivity contribution in [3.63, 3.8) is 0 Å². The number of pyridine rings is 1. The summed E-state index contributed by atoms with van der Waals surface area (Å²) in [5.41, 5.74) is -0.418. The van der Waals surface area contributed by atoms with Gasteiger partial charge in [-0.1, -0.05) is 0 Å². The highest BCUT2D eigenvalue weighted by Gasteiger charge is 2.33. The molecule has 0 spiro atoms. The van der Waals surface area contributed by atoms with Crippen molar-refractivity contribution >= 4 is 5.97 Å². The van der Waals surface area contributed by atoms with Crippen LogP contribution in [0.5, 0.6) is 17.5 Å². The van der Waals surface area contributed by atoms with Crippen LogP contribution in [0.2, 0.25) is 0 Å². The first-order valence-corrected chi connectivity index (χ1v) is 4.47. The van der Waals surface area contributed by atoms with E-state index in [0.29, 0.717) is 0 Å². The molecule has 0 radical (unpaired) electrons. The van der Waals surface area contributed by atoms with E-state index < -0.39 is 41.8 Å². The van der Waals surface area contributed by atoms with Crippen LogP contribution in [-0.4, -0.2) is 34.6 Å². The highest BCUT2D eigenvalue weighted by molar-refractivity contribution is 5.71. The highest BCUT2D eigenvalue weighted by Crippen LogP contribution is 2.33. The number of carboxylic acids is 1. The SMILES string of the molecule is COc1nc(OC(F)(F)F)c(CC(=O)O)cc1O. The molecule has 9 heteroatoms. The quantitative estimate of drug-likeness (QED) is 0.855. The van der Waals surface area contributed by atoms with E-state index in [4.69, 9.17) is 5.11 Å². The maximum absolute atomic E-state index is 12.1. The predicted molar refractivity (Wildman–Crippen MR) is 50.5 cm³/mol. The van der Waals surface area contributed by atoms with Crippen LogP contribution in [-0.2, 0) is 11.2 Å². The van der Waals surface area contributed by atoms with Crippen molar-refractivity contribution in [2.24, 2.45) is 0 Å². The number of halogens is 3. The number of aliphatic carboxylic acids is 1. The zero-order chi connectivity index (χ0) is 13.9. The first-order valence-electron chi connectivity index (χ1n) is 4.47. The molecule has 0 amide bonds. The normalized spacial score (nSPS) is 11.1. The van der Waals surface area contributed by atoms with Crippen molar-refractivity contribution in [2.75, 3.05) is 7.11 Å². The summed E-state index contributed by atoms with van der Waals surface area (Å²) in [6, 6.07) is 0.793. The van der Waals surface area contributed by atoms with Gasteiger partial charge in [0.2, 0.25) is 5.88 Å². The van der Waals surface area contributed by atoms with Crippen molar-refractivity contribution in [3.05, 3.63) is 11.6 Å². The largest absolute Gasteiger partial charge is 0.574 e. The number of hydrogen-bond donors (Lipinski definition) is 2. The Labute approximate surface area is 98.6 Å². The van der Waals surface area contributed by atoms with Crippen molar-refractivity contribution in [1.29, 1.82) is 0 Å². The Morgan fingerprint density at radius 3 is 2.50 bits per heavy atom. The second-order valence-electron chi connectivity index (χ2n) is 3.10. The molecular formula is C9H8F3NO5. The van der Waals surface area contributed by atoms with Gasteiger partial charge in [0.25, 0.3) is 5.88 Å².